The number of ether oxygens (including phenoxy) is 1. The Kier molecular flexibility index (Phi) is 4.65. The molecular weight excluding hydrogens is 259 g/mol. The normalized spacial score (nSPS) is 10.1. The van der Waals surface area contributed by atoms with Gasteiger partial charge in [-0.3, -0.25) is 0 Å². The molecule has 0 radical (unpaired) electrons. The molecule has 1 amide bonds. The Morgan fingerprint density at radius 3 is 2.85 bits per heavy atom. The number of amides is 1. The number of carbonyl (C=O) groups excluding carboxylic acids is 1. The first kappa shape index (κ1) is 14.0. The van der Waals surface area contributed by atoms with Gasteiger partial charge in [-0.25, -0.2) is 9.78 Å². The van der Waals surface area contributed by atoms with Crippen molar-refractivity contribution >= 4 is 6.09 Å². The van der Waals surface area contributed by atoms with Crippen molar-refractivity contribution < 1.29 is 13.9 Å². The molecule has 2 rings (SSSR count). The Morgan fingerprint density at radius 2 is 2.10 bits per heavy atom. The minimum Gasteiger partial charge on any atom is -0.445 e. The maximum absolute atomic E-state index is 13.4. The average Bonchev–Trinajstić information content (AvgIpc) is 2.47. The SMILES string of the molecule is Cc1cnc(F)c(CNC(=O)OCc2ccccc2)c1. The average molecular weight is 274 g/mol. The minimum absolute atomic E-state index is 0.0497. The first-order valence-corrected chi connectivity index (χ1v) is 6.21. The number of nitrogens with zero attached hydrogens (tertiary/aromatic N) is 1. The molecule has 0 unspecified atom stereocenters. The number of benzene rings is 1. The van der Waals surface area contributed by atoms with Crippen LogP contribution in [-0.4, -0.2) is 11.1 Å². The monoisotopic (exact) mass is 274 g/mol. The lowest BCUT2D eigenvalue weighted by Gasteiger charge is -2.08. The molecule has 20 heavy (non-hydrogen) atoms. The maximum Gasteiger partial charge on any atom is 0.407 e. The van der Waals surface area contributed by atoms with E-state index in [9.17, 15) is 9.18 Å². The van der Waals surface area contributed by atoms with E-state index in [1.165, 1.54) is 6.20 Å². The fraction of sp³-hybridized carbons (Fsp3) is 0.200. The lowest BCUT2D eigenvalue weighted by Crippen LogP contribution is -2.24. The van der Waals surface area contributed by atoms with E-state index >= 15 is 0 Å². The van der Waals surface area contributed by atoms with Gasteiger partial charge in [0, 0.05) is 11.8 Å². The van der Waals surface area contributed by atoms with Crippen molar-refractivity contribution in [2.45, 2.75) is 20.1 Å². The number of carbonyl (C=O) groups is 1. The van der Waals surface area contributed by atoms with Crippen LogP contribution < -0.4 is 5.32 Å². The molecule has 4 nitrogen and oxygen atoms in total. The topological polar surface area (TPSA) is 51.2 Å². The summed E-state index contributed by atoms with van der Waals surface area (Å²) in [5.41, 5.74) is 2.06. The van der Waals surface area contributed by atoms with E-state index in [4.69, 9.17) is 4.74 Å². The molecule has 104 valence electrons. The molecule has 0 fully saturated rings. The van der Waals surface area contributed by atoms with E-state index in [0.29, 0.717) is 5.56 Å². The Balaban J connectivity index is 1.82. The van der Waals surface area contributed by atoms with Gasteiger partial charge in [0.2, 0.25) is 5.95 Å². The summed E-state index contributed by atoms with van der Waals surface area (Å²) in [5, 5.41) is 2.50. The van der Waals surface area contributed by atoms with Crippen LogP contribution in [0.2, 0.25) is 0 Å². The number of halogens is 1. The van der Waals surface area contributed by atoms with Crippen LogP contribution in [0.15, 0.2) is 42.6 Å². The van der Waals surface area contributed by atoms with Gasteiger partial charge in [-0.05, 0) is 24.1 Å². The fourth-order valence-electron chi connectivity index (χ4n) is 1.68. The standard InChI is InChI=1S/C15H15FN2O2/c1-11-7-13(14(16)17-8-11)9-18-15(19)20-10-12-5-3-2-4-6-12/h2-8H,9-10H2,1H3,(H,18,19). The zero-order valence-corrected chi connectivity index (χ0v) is 11.1. The summed E-state index contributed by atoms with van der Waals surface area (Å²) in [5.74, 6) is -0.584. The van der Waals surface area contributed by atoms with Gasteiger partial charge in [0.25, 0.3) is 0 Å². The fourth-order valence-corrected chi connectivity index (χ4v) is 1.68. The van der Waals surface area contributed by atoms with Crippen molar-refractivity contribution in [2.24, 2.45) is 0 Å². The van der Waals surface area contributed by atoms with Gasteiger partial charge in [0.15, 0.2) is 0 Å². The zero-order chi connectivity index (χ0) is 14.4. The number of aryl methyl sites for hydroxylation is 1. The highest BCUT2D eigenvalue weighted by molar-refractivity contribution is 5.67. The van der Waals surface area contributed by atoms with E-state index < -0.39 is 12.0 Å². The van der Waals surface area contributed by atoms with Crippen LogP contribution in [0.5, 0.6) is 0 Å². The van der Waals surface area contributed by atoms with Crippen LogP contribution >= 0.6 is 0 Å². The summed E-state index contributed by atoms with van der Waals surface area (Å²) in [6.07, 6.45) is 0.849. The second kappa shape index (κ2) is 6.65. The highest BCUT2D eigenvalue weighted by Crippen LogP contribution is 2.07. The number of alkyl carbamates (subject to hydrolysis) is 1. The number of pyridine rings is 1. The van der Waals surface area contributed by atoms with Crippen LogP contribution in [0, 0.1) is 12.9 Å². The third-order valence-electron chi connectivity index (χ3n) is 2.68. The van der Waals surface area contributed by atoms with Crippen molar-refractivity contribution in [2.75, 3.05) is 0 Å². The lowest BCUT2D eigenvalue weighted by molar-refractivity contribution is 0.139. The third-order valence-corrected chi connectivity index (χ3v) is 2.68. The second-order valence-corrected chi connectivity index (χ2v) is 4.38. The quantitative estimate of drug-likeness (QED) is 0.872. The predicted molar refractivity (Wildman–Crippen MR) is 72.4 cm³/mol. The molecule has 1 aromatic heterocycles. The highest BCUT2D eigenvalue weighted by atomic mass is 19.1. The number of rotatable bonds is 4. The minimum atomic E-state index is -0.588. The Labute approximate surface area is 116 Å². The van der Waals surface area contributed by atoms with Crippen LogP contribution in [-0.2, 0) is 17.9 Å². The molecule has 0 atom stereocenters. The van der Waals surface area contributed by atoms with Crippen LogP contribution in [0.25, 0.3) is 0 Å². The summed E-state index contributed by atoms with van der Waals surface area (Å²) in [6, 6.07) is 11.0. The summed E-state index contributed by atoms with van der Waals surface area (Å²) < 4.78 is 18.4. The molecule has 1 heterocycles. The number of hydrogen-bond donors (Lipinski definition) is 1. The lowest BCUT2D eigenvalue weighted by atomic mass is 10.2. The van der Waals surface area contributed by atoms with Gasteiger partial charge in [-0.15, -0.1) is 0 Å². The molecule has 5 heteroatoms. The number of aromatic nitrogens is 1. The molecule has 0 saturated heterocycles. The van der Waals surface area contributed by atoms with Gasteiger partial charge in [-0.1, -0.05) is 30.3 Å². The first-order chi connectivity index (χ1) is 9.65. The first-order valence-electron chi connectivity index (χ1n) is 6.21. The Hall–Kier alpha value is -2.43. The molecule has 0 bridgehead atoms. The van der Waals surface area contributed by atoms with Gasteiger partial charge in [-0.2, -0.15) is 4.39 Å². The van der Waals surface area contributed by atoms with Crippen molar-refractivity contribution in [1.82, 2.24) is 10.3 Å². The van der Waals surface area contributed by atoms with Gasteiger partial charge >= 0.3 is 6.09 Å². The van der Waals surface area contributed by atoms with Crippen LogP contribution in [0.3, 0.4) is 0 Å². The molecule has 0 aliphatic carbocycles. The number of nitrogens with one attached hydrogen (secondary N) is 1. The van der Waals surface area contributed by atoms with Crippen molar-refractivity contribution in [1.29, 1.82) is 0 Å². The molecule has 1 N–H and O–H groups in total. The molecule has 0 aliphatic heterocycles. The summed E-state index contributed by atoms with van der Waals surface area (Å²) in [7, 11) is 0. The molecule has 0 spiro atoms. The third kappa shape index (κ3) is 4.05. The van der Waals surface area contributed by atoms with E-state index in [1.807, 2.05) is 37.3 Å². The zero-order valence-electron chi connectivity index (χ0n) is 11.1. The van der Waals surface area contributed by atoms with Gasteiger partial charge in [0.05, 0.1) is 6.54 Å². The van der Waals surface area contributed by atoms with Gasteiger partial charge in [0.1, 0.15) is 6.61 Å². The molecule has 2 aromatic rings. The summed E-state index contributed by atoms with van der Waals surface area (Å²) in [4.78, 5) is 15.1. The van der Waals surface area contributed by atoms with Gasteiger partial charge < -0.3 is 10.1 Å². The largest absolute Gasteiger partial charge is 0.445 e. The Morgan fingerprint density at radius 1 is 1.35 bits per heavy atom. The molecule has 1 aromatic carbocycles. The van der Waals surface area contributed by atoms with Crippen molar-refractivity contribution in [3.8, 4) is 0 Å². The molecule has 0 aliphatic rings. The second-order valence-electron chi connectivity index (χ2n) is 4.38. The van der Waals surface area contributed by atoms with Crippen molar-refractivity contribution in [3.63, 3.8) is 0 Å². The summed E-state index contributed by atoms with van der Waals surface area (Å²) in [6.45, 7) is 2.04. The van der Waals surface area contributed by atoms with E-state index in [1.54, 1.807) is 6.07 Å². The van der Waals surface area contributed by atoms with Crippen LogP contribution in [0.4, 0.5) is 9.18 Å². The van der Waals surface area contributed by atoms with Crippen molar-refractivity contribution in [3.05, 3.63) is 65.2 Å². The number of hydrogen-bond acceptors (Lipinski definition) is 3. The van der Waals surface area contributed by atoms with Crippen LogP contribution in [0.1, 0.15) is 16.7 Å². The molecule has 0 saturated carbocycles. The smallest absolute Gasteiger partial charge is 0.407 e. The van der Waals surface area contributed by atoms with E-state index in [-0.39, 0.29) is 13.2 Å². The summed E-state index contributed by atoms with van der Waals surface area (Å²) >= 11 is 0. The highest BCUT2D eigenvalue weighted by Gasteiger charge is 2.07. The maximum atomic E-state index is 13.4. The van der Waals surface area contributed by atoms with E-state index in [2.05, 4.69) is 10.3 Å². The molecular formula is C15H15FN2O2. The Bertz CT molecular complexity index is 588. The van der Waals surface area contributed by atoms with E-state index in [0.717, 1.165) is 11.1 Å². The predicted octanol–water partition coefficient (Wildman–Crippen LogP) is 2.96.